The van der Waals surface area contributed by atoms with Gasteiger partial charge in [0.2, 0.25) is 5.91 Å². The summed E-state index contributed by atoms with van der Waals surface area (Å²) in [6.07, 6.45) is 2.36. The van der Waals surface area contributed by atoms with Crippen LogP contribution in [0.4, 0.5) is 0 Å². The van der Waals surface area contributed by atoms with Crippen molar-refractivity contribution < 1.29 is 14.6 Å². The van der Waals surface area contributed by atoms with Crippen molar-refractivity contribution in [2.45, 2.75) is 32.3 Å². The number of ether oxygens (including phenoxy) is 1. The summed E-state index contributed by atoms with van der Waals surface area (Å²) in [7, 11) is 3.29. The quantitative estimate of drug-likeness (QED) is 0.707. The van der Waals surface area contributed by atoms with Crippen LogP contribution >= 0.6 is 0 Å². The fourth-order valence-electron chi connectivity index (χ4n) is 2.63. The molecule has 1 heterocycles. The number of nitrogens with one attached hydrogen (secondary N) is 1. The maximum atomic E-state index is 12.1. The van der Waals surface area contributed by atoms with Crippen LogP contribution in [0.15, 0.2) is 0 Å². The lowest BCUT2D eigenvalue weighted by Gasteiger charge is -2.29. The minimum Gasteiger partial charge on any atom is -0.389 e. The van der Waals surface area contributed by atoms with Crippen molar-refractivity contribution in [2.75, 3.05) is 40.4 Å². The van der Waals surface area contributed by atoms with E-state index in [4.69, 9.17) is 4.74 Å². The second-order valence-electron chi connectivity index (χ2n) is 5.67. The van der Waals surface area contributed by atoms with Gasteiger partial charge in [-0.3, -0.25) is 4.79 Å². The van der Waals surface area contributed by atoms with Gasteiger partial charge in [-0.05, 0) is 37.8 Å². The molecule has 0 aromatic heterocycles. The third-order valence-electron chi connectivity index (χ3n) is 3.91. The normalized spacial score (nSPS) is 22.8. The van der Waals surface area contributed by atoms with Crippen molar-refractivity contribution in [3.63, 3.8) is 0 Å². The Hall–Kier alpha value is -0.650. The molecule has 1 aliphatic rings. The Morgan fingerprint density at radius 2 is 2.32 bits per heavy atom. The first kappa shape index (κ1) is 16.4. The van der Waals surface area contributed by atoms with Gasteiger partial charge in [0.05, 0.1) is 12.7 Å². The molecule has 2 N–H and O–H groups in total. The Kier molecular flexibility index (Phi) is 7.34. The highest BCUT2D eigenvalue weighted by Gasteiger charge is 2.23. The van der Waals surface area contributed by atoms with E-state index in [2.05, 4.69) is 12.2 Å². The van der Waals surface area contributed by atoms with Crippen LogP contribution in [0.5, 0.6) is 0 Å². The van der Waals surface area contributed by atoms with Gasteiger partial charge in [-0.1, -0.05) is 6.92 Å². The predicted molar refractivity (Wildman–Crippen MR) is 74.9 cm³/mol. The van der Waals surface area contributed by atoms with Crippen molar-refractivity contribution >= 4 is 5.91 Å². The van der Waals surface area contributed by atoms with E-state index in [0.29, 0.717) is 24.8 Å². The molecule has 3 atom stereocenters. The largest absolute Gasteiger partial charge is 0.389 e. The number of likely N-dealkylation sites (N-methyl/N-ethyl adjacent to an activating group) is 1. The summed E-state index contributed by atoms with van der Waals surface area (Å²) >= 11 is 0. The number of nitrogens with zero attached hydrogens (tertiary/aromatic N) is 1. The first-order valence-electron chi connectivity index (χ1n) is 7.16. The van der Waals surface area contributed by atoms with Gasteiger partial charge in [0.1, 0.15) is 0 Å². The molecule has 0 radical (unpaired) electrons. The van der Waals surface area contributed by atoms with Crippen molar-refractivity contribution in [1.29, 1.82) is 0 Å². The van der Waals surface area contributed by atoms with Gasteiger partial charge in [0.15, 0.2) is 0 Å². The second-order valence-corrected chi connectivity index (χ2v) is 5.67. The molecule has 5 heteroatoms. The SMILES string of the molecule is COCC(O)CN(C)C(=O)CC(C)C1CCCNC1. The fourth-order valence-corrected chi connectivity index (χ4v) is 2.63. The zero-order valence-corrected chi connectivity index (χ0v) is 12.4. The van der Waals surface area contributed by atoms with Crippen LogP contribution in [0, 0.1) is 11.8 Å². The van der Waals surface area contributed by atoms with Crippen LogP contribution in [-0.4, -0.2) is 62.4 Å². The number of methoxy groups -OCH3 is 1. The third-order valence-corrected chi connectivity index (χ3v) is 3.91. The summed E-state index contributed by atoms with van der Waals surface area (Å²) in [5.74, 6) is 1.09. The number of amides is 1. The highest BCUT2D eigenvalue weighted by Crippen LogP contribution is 2.23. The number of hydrogen-bond acceptors (Lipinski definition) is 4. The molecule has 0 bridgehead atoms. The summed E-state index contributed by atoms with van der Waals surface area (Å²) in [6.45, 7) is 4.86. The highest BCUT2D eigenvalue weighted by molar-refractivity contribution is 5.76. The summed E-state index contributed by atoms with van der Waals surface area (Å²) < 4.78 is 4.86. The van der Waals surface area contributed by atoms with Crippen LogP contribution in [0.3, 0.4) is 0 Å². The maximum absolute atomic E-state index is 12.1. The van der Waals surface area contributed by atoms with Crippen LogP contribution in [0.2, 0.25) is 0 Å². The second kappa shape index (κ2) is 8.51. The average molecular weight is 272 g/mol. The van der Waals surface area contributed by atoms with E-state index in [0.717, 1.165) is 13.1 Å². The standard InChI is InChI=1S/C14H28N2O3/c1-11(12-5-4-6-15-8-12)7-14(18)16(2)9-13(17)10-19-3/h11-13,15,17H,4-10H2,1-3H3. The van der Waals surface area contributed by atoms with Crippen LogP contribution in [0.1, 0.15) is 26.2 Å². The molecular weight excluding hydrogens is 244 g/mol. The Morgan fingerprint density at radius 1 is 1.58 bits per heavy atom. The third kappa shape index (κ3) is 5.89. The van der Waals surface area contributed by atoms with E-state index < -0.39 is 6.10 Å². The van der Waals surface area contributed by atoms with Gasteiger partial charge in [-0.15, -0.1) is 0 Å². The summed E-state index contributed by atoms with van der Waals surface area (Å²) in [4.78, 5) is 13.7. The van der Waals surface area contributed by atoms with E-state index >= 15 is 0 Å². The summed E-state index contributed by atoms with van der Waals surface area (Å²) in [5, 5.41) is 13.0. The maximum Gasteiger partial charge on any atom is 0.222 e. The first-order valence-corrected chi connectivity index (χ1v) is 7.16. The molecule has 0 aromatic rings. The Bertz CT molecular complexity index is 267. The van der Waals surface area contributed by atoms with Crippen molar-refractivity contribution in [3.8, 4) is 0 Å². The topological polar surface area (TPSA) is 61.8 Å². The van der Waals surface area contributed by atoms with Crippen molar-refractivity contribution in [3.05, 3.63) is 0 Å². The number of carbonyl (C=O) groups excluding carboxylic acids is 1. The minimum atomic E-state index is -0.606. The van der Waals surface area contributed by atoms with Gasteiger partial charge >= 0.3 is 0 Å². The fraction of sp³-hybridized carbons (Fsp3) is 0.929. The number of aliphatic hydroxyl groups excluding tert-OH is 1. The van der Waals surface area contributed by atoms with Crippen molar-refractivity contribution in [2.24, 2.45) is 11.8 Å². The Morgan fingerprint density at radius 3 is 2.89 bits per heavy atom. The molecule has 5 nitrogen and oxygen atoms in total. The lowest BCUT2D eigenvalue weighted by Crippen LogP contribution is -2.39. The number of rotatable bonds is 7. The van der Waals surface area contributed by atoms with E-state index in [9.17, 15) is 9.90 Å². The first-order chi connectivity index (χ1) is 9.04. The molecule has 1 amide bonds. The smallest absolute Gasteiger partial charge is 0.222 e. The molecule has 0 spiro atoms. The highest BCUT2D eigenvalue weighted by atomic mass is 16.5. The molecule has 19 heavy (non-hydrogen) atoms. The molecule has 0 aliphatic carbocycles. The van der Waals surface area contributed by atoms with Gasteiger partial charge in [-0.2, -0.15) is 0 Å². The molecule has 3 unspecified atom stereocenters. The Balaban J connectivity index is 2.31. The minimum absolute atomic E-state index is 0.105. The predicted octanol–water partition coefficient (Wildman–Crippen LogP) is 0.478. The molecule has 0 aromatic carbocycles. The molecular formula is C14H28N2O3. The summed E-state index contributed by atoms with van der Waals surface area (Å²) in [5.41, 5.74) is 0. The molecule has 1 rings (SSSR count). The van der Waals surface area contributed by atoms with Crippen LogP contribution < -0.4 is 5.32 Å². The lowest BCUT2D eigenvalue weighted by molar-refractivity contribution is -0.132. The number of piperidine rings is 1. The Labute approximate surface area is 116 Å². The zero-order valence-electron chi connectivity index (χ0n) is 12.4. The number of hydrogen-bond donors (Lipinski definition) is 2. The zero-order chi connectivity index (χ0) is 14.3. The molecule has 1 fully saturated rings. The van der Waals surface area contributed by atoms with Gasteiger partial charge < -0.3 is 20.1 Å². The van der Waals surface area contributed by atoms with Gasteiger partial charge in [-0.25, -0.2) is 0 Å². The molecule has 1 aliphatic heterocycles. The molecule has 1 saturated heterocycles. The molecule has 0 saturated carbocycles. The van der Waals surface area contributed by atoms with Crippen LogP contribution in [-0.2, 0) is 9.53 Å². The van der Waals surface area contributed by atoms with Gasteiger partial charge in [0, 0.05) is 27.1 Å². The monoisotopic (exact) mass is 272 g/mol. The lowest BCUT2D eigenvalue weighted by atomic mass is 9.85. The van der Waals surface area contributed by atoms with E-state index in [1.165, 1.54) is 12.8 Å². The summed E-state index contributed by atoms with van der Waals surface area (Å²) in [6, 6.07) is 0. The number of aliphatic hydroxyl groups is 1. The van der Waals surface area contributed by atoms with E-state index in [-0.39, 0.29) is 12.5 Å². The van der Waals surface area contributed by atoms with Crippen LogP contribution in [0.25, 0.3) is 0 Å². The average Bonchev–Trinajstić information content (AvgIpc) is 2.39. The van der Waals surface area contributed by atoms with Crippen molar-refractivity contribution in [1.82, 2.24) is 10.2 Å². The van der Waals surface area contributed by atoms with E-state index in [1.807, 2.05) is 0 Å². The van der Waals surface area contributed by atoms with E-state index in [1.54, 1.807) is 19.1 Å². The molecule has 112 valence electrons. The van der Waals surface area contributed by atoms with Gasteiger partial charge in [0.25, 0.3) is 0 Å². The number of carbonyl (C=O) groups is 1.